The third-order valence-electron chi connectivity index (χ3n) is 1.86. The smallest absolute Gasteiger partial charge is 0.261 e. The monoisotopic (exact) mass is 132 g/mol. The molecule has 0 unspecified atom stereocenters. The lowest BCUT2D eigenvalue weighted by molar-refractivity contribution is -0.134. The van der Waals surface area contributed by atoms with Crippen molar-refractivity contribution in [3.63, 3.8) is 0 Å². The van der Waals surface area contributed by atoms with Crippen molar-refractivity contribution in [1.29, 1.82) is 0 Å². The van der Waals surface area contributed by atoms with E-state index in [-0.39, 0.29) is 5.92 Å². The Balaban J connectivity index is 3.72. The fourth-order valence-electron chi connectivity index (χ4n) is 0.577. The normalized spacial score (nSPS) is 16.9. The highest BCUT2D eigenvalue weighted by atomic mass is 19.1. The van der Waals surface area contributed by atoms with Crippen molar-refractivity contribution in [3.05, 3.63) is 0 Å². The van der Waals surface area contributed by atoms with Gasteiger partial charge < -0.3 is 0 Å². The number of carbonyl (C=O) groups excluding carboxylic acids is 1. The van der Waals surface area contributed by atoms with Gasteiger partial charge in [0.25, 0.3) is 0 Å². The van der Waals surface area contributed by atoms with Gasteiger partial charge in [0.2, 0.25) is 0 Å². The SMILES string of the molecule is CC[C@H](C)[C@@H](C)C(=O)F. The van der Waals surface area contributed by atoms with Gasteiger partial charge in [0.05, 0.1) is 0 Å². The second-order valence-corrected chi connectivity index (χ2v) is 2.48. The Hall–Kier alpha value is -0.400. The van der Waals surface area contributed by atoms with Gasteiger partial charge in [-0.1, -0.05) is 27.2 Å². The first-order chi connectivity index (χ1) is 4.09. The van der Waals surface area contributed by atoms with Crippen molar-refractivity contribution in [3.8, 4) is 0 Å². The van der Waals surface area contributed by atoms with E-state index in [1.165, 1.54) is 0 Å². The Morgan fingerprint density at radius 3 is 2.11 bits per heavy atom. The summed E-state index contributed by atoms with van der Waals surface area (Å²) < 4.78 is 11.9. The minimum atomic E-state index is -1.19. The van der Waals surface area contributed by atoms with Crippen molar-refractivity contribution in [2.24, 2.45) is 11.8 Å². The zero-order valence-corrected chi connectivity index (χ0v) is 6.15. The minimum absolute atomic E-state index is 0.169. The Morgan fingerprint density at radius 2 is 2.00 bits per heavy atom. The zero-order valence-electron chi connectivity index (χ0n) is 6.15. The maximum absolute atomic E-state index is 11.9. The van der Waals surface area contributed by atoms with Gasteiger partial charge >= 0.3 is 6.04 Å². The van der Waals surface area contributed by atoms with Gasteiger partial charge in [0.15, 0.2) is 0 Å². The first-order valence-corrected chi connectivity index (χ1v) is 3.29. The summed E-state index contributed by atoms with van der Waals surface area (Å²) in [5.41, 5.74) is 0. The van der Waals surface area contributed by atoms with E-state index in [1.807, 2.05) is 13.8 Å². The lowest BCUT2D eigenvalue weighted by Gasteiger charge is -2.11. The lowest BCUT2D eigenvalue weighted by atomic mass is 9.94. The fourth-order valence-corrected chi connectivity index (χ4v) is 0.577. The van der Waals surface area contributed by atoms with Crippen molar-refractivity contribution in [2.45, 2.75) is 27.2 Å². The van der Waals surface area contributed by atoms with Crippen LogP contribution < -0.4 is 0 Å². The van der Waals surface area contributed by atoms with E-state index in [4.69, 9.17) is 0 Å². The van der Waals surface area contributed by atoms with Crippen LogP contribution in [0.25, 0.3) is 0 Å². The summed E-state index contributed by atoms with van der Waals surface area (Å²) in [7, 11) is 0. The molecule has 2 atom stereocenters. The van der Waals surface area contributed by atoms with Crippen molar-refractivity contribution in [2.75, 3.05) is 0 Å². The van der Waals surface area contributed by atoms with Crippen LogP contribution in [0.3, 0.4) is 0 Å². The van der Waals surface area contributed by atoms with E-state index in [2.05, 4.69) is 0 Å². The van der Waals surface area contributed by atoms with Gasteiger partial charge in [-0.25, -0.2) is 0 Å². The van der Waals surface area contributed by atoms with Crippen LogP contribution in [0.15, 0.2) is 0 Å². The molecule has 0 saturated carbocycles. The number of hydrogen-bond acceptors (Lipinski definition) is 1. The van der Waals surface area contributed by atoms with Gasteiger partial charge in [-0.15, -0.1) is 0 Å². The summed E-state index contributed by atoms with van der Waals surface area (Å²) in [5.74, 6) is -0.252. The molecule has 0 bridgehead atoms. The van der Waals surface area contributed by atoms with Gasteiger partial charge in [-0.05, 0) is 5.92 Å². The van der Waals surface area contributed by atoms with Crippen LogP contribution in [0.1, 0.15) is 27.2 Å². The largest absolute Gasteiger partial charge is 0.304 e. The molecule has 0 aliphatic heterocycles. The molecule has 0 aromatic heterocycles. The number of carbonyl (C=O) groups is 1. The van der Waals surface area contributed by atoms with Crippen molar-refractivity contribution < 1.29 is 9.18 Å². The standard InChI is InChI=1S/C7H13FO/c1-4-5(2)6(3)7(8)9/h5-6H,4H2,1-3H3/t5-,6+/m0/s1. The van der Waals surface area contributed by atoms with E-state index in [0.717, 1.165) is 6.42 Å². The highest BCUT2D eigenvalue weighted by molar-refractivity contribution is 5.70. The van der Waals surface area contributed by atoms with Crippen LogP contribution >= 0.6 is 0 Å². The van der Waals surface area contributed by atoms with E-state index in [1.54, 1.807) is 6.92 Å². The Kier molecular flexibility index (Phi) is 3.43. The Morgan fingerprint density at radius 1 is 1.56 bits per heavy atom. The molecule has 0 heterocycles. The molecule has 0 aromatic carbocycles. The number of halogens is 1. The third kappa shape index (κ3) is 2.59. The average Bonchev–Trinajstić information content (AvgIpc) is 1.84. The molecule has 0 aromatic rings. The maximum Gasteiger partial charge on any atom is 0.304 e. The van der Waals surface area contributed by atoms with Crippen LogP contribution in [-0.4, -0.2) is 6.04 Å². The maximum atomic E-state index is 11.9. The zero-order chi connectivity index (χ0) is 7.44. The van der Waals surface area contributed by atoms with Gasteiger partial charge in [0.1, 0.15) is 0 Å². The molecule has 0 aliphatic carbocycles. The topological polar surface area (TPSA) is 17.1 Å². The molecule has 0 radical (unpaired) electrons. The number of rotatable bonds is 3. The summed E-state index contributed by atoms with van der Waals surface area (Å²) in [6, 6.07) is -1.19. The van der Waals surface area contributed by atoms with Crippen LogP contribution in [0, 0.1) is 11.8 Å². The molecule has 1 nitrogen and oxygen atoms in total. The summed E-state index contributed by atoms with van der Waals surface area (Å²) in [6.07, 6.45) is 0.858. The molecule has 54 valence electrons. The molecule has 0 N–H and O–H groups in total. The van der Waals surface area contributed by atoms with E-state index < -0.39 is 12.0 Å². The fraction of sp³-hybridized carbons (Fsp3) is 0.857. The predicted octanol–water partition coefficient (Wildman–Crippen LogP) is 2.16. The van der Waals surface area contributed by atoms with Gasteiger partial charge in [-0.3, -0.25) is 4.79 Å². The quantitative estimate of drug-likeness (QED) is 0.538. The Bertz CT molecular complexity index is 101. The highest BCUT2D eigenvalue weighted by Gasteiger charge is 2.17. The first kappa shape index (κ1) is 8.60. The Labute approximate surface area is 55.3 Å². The minimum Gasteiger partial charge on any atom is -0.261 e. The van der Waals surface area contributed by atoms with E-state index in [9.17, 15) is 9.18 Å². The molecule has 0 rings (SSSR count). The van der Waals surface area contributed by atoms with Crippen molar-refractivity contribution in [1.82, 2.24) is 0 Å². The lowest BCUT2D eigenvalue weighted by Crippen LogP contribution is -2.13. The van der Waals surface area contributed by atoms with Gasteiger partial charge in [0, 0.05) is 5.92 Å². The third-order valence-corrected chi connectivity index (χ3v) is 1.86. The second-order valence-electron chi connectivity index (χ2n) is 2.48. The van der Waals surface area contributed by atoms with E-state index in [0.29, 0.717) is 0 Å². The molecule has 0 saturated heterocycles. The van der Waals surface area contributed by atoms with Crippen LogP contribution in [0.2, 0.25) is 0 Å². The molecule has 0 amide bonds. The summed E-state index contributed by atoms with van der Waals surface area (Å²) in [5, 5.41) is 0. The van der Waals surface area contributed by atoms with Crippen LogP contribution in [0.5, 0.6) is 0 Å². The molecular weight excluding hydrogens is 119 g/mol. The molecular formula is C7H13FO. The molecule has 0 aliphatic rings. The molecule has 0 fully saturated rings. The number of hydrogen-bond donors (Lipinski definition) is 0. The summed E-state index contributed by atoms with van der Waals surface area (Å²) in [6.45, 7) is 5.45. The van der Waals surface area contributed by atoms with Gasteiger partial charge in [-0.2, -0.15) is 4.39 Å². The van der Waals surface area contributed by atoms with Crippen LogP contribution in [0.4, 0.5) is 4.39 Å². The first-order valence-electron chi connectivity index (χ1n) is 3.29. The van der Waals surface area contributed by atoms with Crippen molar-refractivity contribution >= 4 is 6.04 Å². The average molecular weight is 132 g/mol. The summed E-state index contributed by atoms with van der Waals surface area (Å²) in [4.78, 5) is 10.1. The second kappa shape index (κ2) is 3.59. The predicted molar refractivity (Wildman–Crippen MR) is 34.7 cm³/mol. The van der Waals surface area contributed by atoms with Crippen LogP contribution in [-0.2, 0) is 4.79 Å². The highest BCUT2D eigenvalue weighted by Crippen LogP contribution is 2.15. The molecule has 9 heavy (non-hydrogen) atoms. The molecule has 0 spiro atoms. The molecule has 2 heteroatoms. The summed E-state index contributed by atoms with van der Waals surface area (Å²) >= 11 is 0. The van der Waals surface area contributed by atoms with E-state index >= 15 is 0 Å².